The van der Waals surface area contributed by atoms with Crippen molar-refractivity contribution in [2.45, 2.75) is 40.2 Å². The molecule has 0 bridgehead atoms. The lowest BCUT2D eigenvalue weighted by molar-refractivity contribution is 0.0320. The molecule has 0 spiro atoms. The van der Waals surface area contributed by atoms with E-state index in [4.69, 9.17) is 15.2 Å². The second-order valence-electron chi connectivity index (χ2n) is 5.56. The summed E-state index contributed by atoms with van der Waals surface area (Å²) in [6.07, 6.45) is 0.436. The molecule has 1 aromatic carbocycles. The first-order chi connectivity index (χ1) is 11.4. The Bertz CT molecular complexity index is 556. The number of carbonyl (C=O) groups is 2. The van der Waals surface area contributed by atoms with Gasteiger partial charge in [-0.15, -0.1) is 0 Å². The predicted octanol–water partition coefficient (Wildman–Crippen LogP) is 2.72. The van der Waals surface area contributed by atoms with Crippen LogP contribution in [0, 0.1) is 0 Å². The lowest BCUT2D eigenvalue weighted by Gasteiger charge is -2.18. The first-order valence-corrected chi connectivity index (χ1v) is 8.43. The molecular formula is C18H28N2O4. The highest BCUT2D eigenvalue weighted by Crippen LogP contribution is 2.20. The van der Waals surface area contributed by atoms with Crippen molar-refractivity contribution >= 4 is 17.6 Å². The highest BCUT2D eigenvalue weighted by molar-refractivity contribution is 6.06. The van der Waals surface area contributed by atoms with Crippen LogP contribution in [0.5, 0.6) is 0 Å². The van der Waals surface area contributed by atoms with Gasteiger partial charge >= 0.3 is 11.9 Å². The Labute approximate surface area is 143 Å². The number of likely N-dealkylation sites (N-methyl/N-ethyl adjacent to an activating group) is 1. The molecule has 0 aromatic heterocycles. The van der Waals surface area contributed by atoms with Crippen LogP contribution in [0.15, 0.2) is 18.2 Å². The molecule has 0 heterocycles. The van der Waals surface area contributed by atoms with Crippen LogP contribution >= 0.6 is 0 Å². The third-order valence-electron chi connectivity index (χ3n) is 3.94. The van der Waals surface area contributed by atoms with E-state index in [9.17, 15) is 9.59 Å². The average molecular weight is 336 g/mol. The Morgan fingerprint density at radius 1 is 1.17 bits per heavy atom. The fraction of sp³-hybridized carbons (Fsp3) is 0.556. The van der Waals surface area contributed by atoms with Crippen molar-refractivity contribution in [1.29, 1.82) is 0 Å². The molecule has 0 amide bonds. The zero-order valence-electron chi connectivity index (χ0n) is 15.0. The molecule has 6 nitrogen and oxygen atoms in total. The number of benzene rings is 1. The lowest BCUT2D eigenvalue weighted by atomic mass is 10.1. The van der Waals surface area contributed by atoms with Crippen LogP contribution in [0.4, 0.5) is 5.69 Å². The smallest absolute Gasteiger partial charge is 0.341 e. The molecule has 0 aliphatic rings. The highest BCUT2D eigenvalue weighted by atomic mass is 16.5. The molecule has 0 saturated carbocycles. The third-order valence-corrected chi connectivity index (χ3v) is 3.94. The fourth-order valence-electron chi connectivity index (χ4n) is 2.18. The Morgan fingerprint density at radius 3 is 2.42 bits per heavy atom. The molecule has 1 aromatic rings. The van der Waals surface area contributed by atoms with Gasteiger partial charge in [0, 0.05) is 12.2 Å². The predicted molar refractivity (Wildman–Crippen MR) is 94.1 cm³/mol. The molecule has 0 aliphatic heterocycles. The molecule has 0 aliphatic carbocycles. The van der Waals surface area contributed by atoms with Crippen LogP contribution in [0.25, 0.3) is 0 Å². The monoisotopic (exact) mass is 336 g/mol. The van der Waals surface area contributed by atoms with Crippen molar-refractivity contribution in [2.75, 3.05) is 32.0 Å². The van der Waals surface area contributed by atoms with Crippen molar-refractivity contribution in [1.82, 2.24) is 4.90 Å². The number of hydrogen-bond acceptors (Lipinski definition) is 6. The van der Waals surface area contributed by atoms with E-state index >= 15 is 0 Å². The van der Waals surface area contributed by atoms with Gasteiger partial charge in [0.15, 0.2) is 0 Å². The maximum absolute atomic E-state index is 12.3. The van der Waals surface area contributed by atoms with Crippen molar-refractivity contribution in [3.63, 3.8) is 0 Å². The van der Waals surface area contributed by atoms with E-state index in [1.165, 1.54) is 6.07 Å². The maximum Gasteiger partial charge on any atom is 0.341 e. The molecule has 0 radical (unpaired) electrons. The van der Waals surface area contributed by atoms with Crippen molar-refractivity contribution in [3.05, 3.63) is 29.3 Å². The average Bonchev–Trinajstić information content (AvgIpc) is 2.57. The summed E-state index contributed by atoms with van der Waals surface area (Å²) in [5.41, 5.74) is 6.31. The van der Waals surface area contributed by atoms with E-state index in [0.717, 1.165) is 13.1 Å². The summed E-state index contributed by atoms with van der Waals surface area (Å²) < 4.78 is 10.6. The van der Waals surface area contributed by atoms with Gasteiger partial charge < -0.3 is 20.1 Å². The van der Waals surface area contributed by atoms with Gasteiger partial charge in [-0.05, 0) is 38.6 Å². The number of nitrogens with two attached hydrogens (primary N) is 1. The quantitative estimate of drug-likeness (QED) is 0.551. The van der Waals surface area contributed by atoms with Crippen molar-refractivity contribution < 1.29 is 19.1 Å². The number of ether oxygens (including phenoxy) is 2. The van der Waals surface area contributed by atoms with Gasteiger partial charge in [-0.2, -0.15) is 0 Å². The van der Waals surface area contributed by atoms with Crippen LogP contribution < -0.4 is 5.73 Å². The van der Waals surface area contributed by atoms with E-state index in [1.54, 1.807) is 19.1 Å². The first-order valence-electron chi connectivity index (χ1n) is 8.43. The number of nitrogen functional groups attached to an aromatic ring is 1. The summed E-state index contributed by atoms with van der Waals surface area (Å²) in [4.78, 5) is 26.8. The standard InChI is InChI=1S/C18H28N2O4/c1-5-13(4)24-18(22)16-14(9-8-10-15(16)19)17(21)23-12-11-20(6-2)7-3/h8-10,13H,5-7,11-12,19H2,1-4H3. The molecule has 2 N–H and O–H groups in total. The molecule has 1 rings (SSSR count). The Kier molecular flexibility index (Phi) is 8.26. The van der Waals surface area contributed by atoms with Gasteiger partial charge in [0.1, 0.15) is 6.61 Å². The zero-order chi connectivity index (χ0) is 18.1. The van der Waals surface area contributed by atoms with Crippen LogP contribution in [0.2, 0.25) is 0 Å². The minimum atomic E-state index is -0.599. The number of nitrogens with zero attached hydrogens (tertiary/aromatic N) is 1. The molecule has 0 fully saturated rings. The summed E-state index contributed by atoms with van der Waals surface area (Å²) in [5, 5.41) is 0. The second-order valence-corrected chi connectivity index (χ2v) is 5.56. The molecule has 1 atom stereocenters. The van der Waals surface area contributed by atoms with E-state index in [-0.39, 0.29) is 29.5 Å². The Hall–Kier alpha value is -2.08. The second kappa shape index (κ2) is 9.93. The van der Waals surface area contributed by atoms with Gasteiger partial charge in [0.25, 0.3) is 0 Å². The minimum Gasteiger partial charge on any atom is -0.461 e. The van der Waals surface area contributed by atoms with Gasteiger partial charge in [-0.1, -0.05) is 26.8 Å². The normalized spacial score (nSPS) is 12.0. The summed E-state index contributed by atoms with van der Waals surface area (Å²) in [7, 11) is 0. The Morgan fingerprint density at radius 2 is 1.83 bits per heavy atom. The van der Waals surface area contributed by atoms with Gasteiger partial charge in [-0.25, -0.2) is 9.59 Å². The Balaban J connectivity index is 2.85. The van der Waals surface area contributed by atoms with Crippen LogP contribution in [-0.4, -0.2) is 49.2 Å². The van der Waals surface area contributed by atoms with Crippen molar-refractivity contribution in [2.24, 2.45) is 0 Å². The molecule has 24 heavy (non-hydrogen) atoms. The van der Waals surface area contributed by atoms with Gasteiger partial charge in [0.2, 0.25) is 0 Å². The third kappa shape index (κ3) is 5.53. The molecule has 1 unspecified atom stereocenters. The van der Waals surface area contributed by atoms with Gasteiger partial charge in [0.05, 0.1) is 17.2 Å². The van der Waals surface area contributed by atoms with Crippen LogP contribution in [-0.2, 0) is 9.47 Å². The van der Waals surface area contributed by atoms with Gasteiger partial charge in [-0.3, -0.25) is 0 Å². The number of carbonyl (C=O) groups excluding carboxylic acids is 2. The topological polar surface area (TPSA) is 81.9 Å². The first kappa shape index (κ1) is 20.0. The molecule has 6 heteroatoms. The highest BCUT2D eigenvalue weighted by Gasteiger charge is 2.23. The summed E-state index contributed by atoms with van der Waals surface area (Å²) in [6.45, 7) is 10.5. The number of hydrogen-bond donors (Lipinski definition) is 1. The molecule has 0 saturated heterocycles. The minimum absolute atomic E-state index is 0.0747. The summed E-state index contributed by atoms with van der Waals surface area (Å²) >= 11 is 0. The largest absolute Gasteiger partial charge is 0.461 e. The van der Waals surface area contributed by atoms with E-state index in [0.29, 0.717) is 13.0 Å². The summed E-state index contributed by atoms with van der Waals surface area (Å²) in [5.74, 6) is -1.16. The maximum atomic E-state index is 12.3. The van der Waals surface area contributed by atoms with Crippen LogP contribution in [0.3, 0.4) is 0 Å². The van der Waals surface area contributed by atoms with Crippen LogP contribution in [0.1, 0.15) is 54.8 Å². The lowest BCUT2D eigenvalue weighted by Crippen LogP contribution is -2.28. The molecule has 134 valence electrons. The van der Waals surface area contributed by atoms with E-state index in [1.807, 2.05) is 20.8 Å². The number of rotatable bonds is 9. The molecular weight excluding hydrogens is 308 g/mol. The zero-order valence-corrected chi connectivity index (χ0v) is 15.0. The van der Waals surface area contributed by atoms with Crippen molar-refractivity contribution in [3.8, 4) is 0 Å². The van der Waals surface area contributed by atoms with E-state index in [2.05, 4.69) is 4.90 Å². The number of esters is 2. The fourth-order valence-corrected chi connectivity index (χ4v) is 2.18. The number of anilines is 1. The summed E-state index contributed by atoms with van der Waals surface area (Å²) in [6, 6.07) is 4.72. The van der Waals surface area contributed by atoms with E-state index < -0.39 is 11.9 Å². The SMILES string of the molecule is CCC(C)OC(=O)c1c(N)cccc1C(=O)OCCN(CC)CC.